The van der Waals surface area contributed by atoms with E-state index in [1.807, 2.05) is 11.8 Å². The number of amides is 1. The maximum atomic E-state index is 12.5. The summed E-state index contributed by atoms with van der Waals surface area (Å²) in [5.74, 6) is 0.0226. The van der Waals surface area contributed by atoms with Gasteiger partial charge >= 0.3 is 0 Å². The number of anilines is 1. The summed E-state index contributed by atoms with van der Waals surface area (Å²) in [6.45, 7) is 2.74. The molecule has 1 amide bonds. The van der Waals surface area contributed by atoms with Crippen LogP contribution in [-0.4, -0.2) is 23.4 Å². The molecule has 18 heavy (non-hydrogen) atoms. The van der Waals surface area contributed by atoms with E-state index in [-0.39, 0.29) is 5.91 Å². The summed E-state index contributed by atoms with van der Waals surface area (Å²) in [5, 5.41) is 0.441. The molecule has 2 N–H and O–H groups in total. The molecule has 0 aromatic heterocycles. The molecule has 0 atom stereocenters. The molecule has 1 fully saturated rings. The van der Waals surface area contributed by atoms with E-state index in [0.717, 1.165) is 19.4 Å². The SMILES string of the molecule is CCN(C(=O)c1ccc(N)cc1Cl)C1CCCC1. The van der Waals surface area contributed by atoms with Gasteiger partial charge in [0.05, 0.1) is 10.6 Å². The van der Waals surface area contributed by atoms with Gasteiger partial charge < -0.3 is 10.6 Å². The average molecular weight is 267 g/mol. The minimum absolute atomic E-state index is 0.0226. The molecule has 0 spiro atoms. The Morgan fingerprint density at radius 1 is 1.44 bits per heavy atom. The van der Waals surface area contributed by atoms with Crippen molar-refractivity contribution < 1.29 is 4.79 Å². The Bertz CT molecular complexity index is 441. The highest BCUT2D eigenvalue weighted by molar-refractivity contribution is 6.34. The van der Waals surface area contributed by atoms with Crippen LogP contribution in [0.5, 0.6) is 0 Å². The third-order valence-electron chi connectivity index (χ3n) is 3.59. The molecule has 1 aromatic carbocycles. The molecule has 0 saturated heterocycles. The number of nitrogens with zero attached hydrogens (tertiary/aromatic N) is 1. The fraction of sp³-hybridized carbons (Fsp3) is 0.500. The van der Waals surface area contributed by atoms with Crippen molar-refractivity contribution in [2.24, 2.45) is 0 Å². The first-order valence-corrected chi connectivity index (χ1v) is 6.87. The Morgan fingerprint density at radius 3 is 2.67 bits per heavy atom. The summed E-state index contributed by atoms with van der Waals surface area (Å²) in [4.78, 5) is 14.4. The third-order valence-corrected chi connectivity index (χ3v) is 3.90. The Hall–Kier alpha value is -1.22. The van der Waals surface area contributed by atoms with Crippen molar-refractivity contribution in [1.29, 1.82) is 0 Å². The number of hydrogen-bond acceptors (Lipinski definition) is 2. The van der Waals surface area contributed by atoms with E-state index in [9.17, 15) is 4.79 Å². The molecule has 2 rings (SSSR count). The fourth-order valence-corrected chi connectivity index (χ4v) is 2.91. The van der Waals surface area contributed by atoms with Crippen LogP contribution in [0.3, 0.4) is 0 Å². The smallest absolute Gasteiger partial charge is 0.255 e. The Kier molecular flexibility index (Phi) is 4.12. The third kappa shape index (κ3) is 2.61. The van der Waals surface area contributed by atoms with E-state index < -0.39 is 0 Å². The molecule has 0 unspecified atom stereocenters. The van der Waals surface area contributed by atoms with Gasteiger partial charge in [0.15, 0.2) is 0 Å². The van der Waals surface area contributed by atoms with Gasteiger partial charge in [0.25, 0.3) is 5.91 Å². The van der Waals surface area contributed by atoms with Gasteiger partial charge in [-0.05, 0) is 38.0 Å². The van der Waals surface area contributed by atoms with E-state index >= 15 is 0 Å². The van der Waals surface area contributed by atoms with Gasteiger partial charge in [-0.25, -0.2) is 0 Å². The van der Waals surface area contributed by atoms with Crippen LogP contribution in [-0.2, 0) is 0 Å². The number of carbonyl (C=O) groups is 1. The highest BCUT2D eigenvalue weighted by Crippen LogP contribution is 2.27. The average Bonchev–Trinajstić information content (AvgIpc) is 2.83. The number of rotatable bonds is 3. The van der Waals surface area contributed by atoms with Crippen LogP contribution in [0.15, 0.2) is 18.2 Å². The second-order valence-electron chi connectivity index (χ2n) is 4.77. The Labute approximate surface area is 113 Å². The highest BCUT2D eigenvalue weighted by atomic mass is 35.5. The van der Waals surface area contributed by atoms with Crippen LogP contribution >= 0.6 is 11.6 Å². The van der Waals surface area contributed by atoms with Gasteiger partial charge in [-0.2, -0.15) is 0 Å². The maximum Gasteiger partial charge on any atom is 0.255 e. The van der Waals surface area contributed by atoms with Crippen LogP contribution in [0.25, 0.3) is 0 Å². The Balaban J connectivity index is 2.22. The molecule has 98 valence electrons. The standard InChI is InChI=1S/C14H19ClN2O/c1-2-17(11-5-3-4-6-11)14(18)12-8-7-10(16)9-13(12)15/h7-9,11H,2-6,16H2,1H3. The van der Waals surface area contributed by atoms with Crippen molar-refractivity contribution in [3.63, 3.8) is 0 Å². The molecule has 1 aromatic rings. The lowest BCUT2D eigenvalue weighted by Gasteiger charge is -2.28. The topological polar surface area (TPSA) is 46.3 Å². The number of carbonyl (C=O) groups excluding carboxylic acids is 1. The zero-order chi connectivity index (χ0) is 13.1. The first-order chi connectivity index (χ1) is 8.63. The van der Waals surface area contributed by atoms with Gasteiger partial charge in [0.2, 0.25) is 0 Å². The van der Waals surface area contributed by atoms with Gasteiger partial charge in [-0.1, -0.05) is 24.4 Å². The van der Waals surface area contributed by atoms with E-state index in [1.165, 1.54) is 12.8 Å². The summed E-state index contributed by atoms with van der Waals surface area (Å²) in [6.07, 6.45) is 4.63. The molecule has 1 aliphatic carbocycles. The Morgan fingerprint density at radius 2 is 2.11 bits per heavy atom. The maximum absolute atomic E-state index is 12.5. The normalized spacial score (nSPS) is 15.9. The minimum atomic E-state index is 0.0226. The van der Waals surface area contributed by atoms with Crippen molar-refractivity contribution >= 4 is 23.2 Å². The van der Waals surface area contributed by atoms with E-state index in [2.05, 4.69) is 0 Å². The van der Waals surface area contributed by atoms with Gasteiger partial charge in [-0.3, -0.25) is 4.79 Å². The zero-order valence-corrected chi connectivity index (χ0v) is 11.4. The summed E-state index contributed by atoms with van der Waals surface area (Å²) in [7, 11) is 0. The number of halogens is 1. The summed E-state index contributed by atoms with van der Waals surface area (Å²) >= 11 is 6.10. The molecule has 3 nitrogen and oxygen atoms in total. The number of nitrogens with two attached hydrogens (primary N) is 1. The summed E-state index contributed by atoms with van der Waals surface area (Å²) < 4.78 is 0. The summed E-state index contributed by atoms with van der Waals surface area (Å²) in [6, 6.07) is 5.45. The van der Waals surface area contributed by atoms with Crippen LogP contribution in [0.4, 0.5) is 5.69 Å². The molecule has 1 saturated carbocycles. The lowest BCUT2D eigenvalue weighted by atomic mass is 10.1. The van der Waals surface area contributed by atoms with Crippen molar-refractivity contribution in [3.8, 4) is 0 Å². The zero-order valence-electron chi connectivity index (χ0n) is 10.7. The first kappa shape index (κ1) is 13.2. The molecule has 4 heteroatoms. The molecule has 0 aliphatic heterocycles. The van der Waals surface area contributed by atoms with Crippen molar-refractivity contribution in [2.45, 2.75) is 38.6 Å². The molecular formula is C14H19ClN2O. The van der Waals surface area contributed by atoms with Crippen LogP contribution < -0.4 is 5.73 Å². The second-order valence-corrected chi connectivity index (χ2v) is 5.18. The largest absolute Gasteiger partial charge is 0.399 e. The van der Waals surface area contributed by atoms with Gasteiger partial charge in [-0.15, -0.1) is 0 Å². The van der Waals surface area contributed by atoms with E-state index in [1.54, 1.807) is 18.2 Å². The predicted molar refractivity (Wildman–Crippen MR) is 74.8 cm³/mol. The van der Waals surface area contributed by atoms with Crippen molar-refractivity contribution in [1.82, 2.24) is 4.90 Å². The summed E-state index contributed by atoms with van der Waals surface area (Å²) in [5.41, 5.74) is 6.79. The molecule has 1 aliphatic rings. The monoisotopic (exact) mass is 266 g/mol. The van der Waals surface area contributed by atoms with Gasteiger partial charge in [0.1, 0.15) is 0 Å². The number of benzene rings is 1. The predicted octanol–water partition coefficient (Wildman–Crippen LogP) is 3.33. The molecule has 0 bridgehead atoms. The van der Waals surface area contributed by atoms with Crippen LogP contribution in [0, 0.1) is 0 Å². The fourth-order valence-electron chi connectivity index (χ4n) is 2.64. The molecule has 0 heterocycles. The van der Waals surface area contributed by atoms with E-state index in [4.69, 9.17) is 17.3 Å². The van der Waals surface area contributed by atoms with Gasteiger partial charge in [0, 0.05) is 18.3 Å². The first-order valence-electron chi connectivity index (χ1n) is 6.49. The lowest BCUT2D eigenvalue weighted by Crippen LogP contribution is -2.38. The second kappa shape index (κ2) is 5.61. The van der Waals surface area contributed by atoms with Crippen LogP contribution in [0.2, 0.25) is 5.02 Å². The number of hydrogen-bond donors (Lipinski definition) is 1. The van der Waals surface area contributed by atoms with Crippen molar-refractivity contribution in [2.75, 3.05) is 12.3 Å². The number of nitrogen functional groups attached to an aromatic ring is 1. The highest BCUT2D eigenvalue weighted by Gasteiger charge is 2.27. The lowest BCUT2D eigenvalue weighted by molar-refractivity contribution is 0.0694. The quantitative estimate of drug-likeness (QED) is 0.853. The van der Waals surface area contributed by atoms with E-state index in [0.29, 0.717) is 22.3 Å². The molecule has 0 radical (unpaired) electrons. The van der Waals surface area contributed by atoms with Crippen molar-refractivity contribution in [3.05, 3.63) is 28.8 Å². The molecular weight excluding hydrogens is 248 g/mol. The minimum Gasteiger partial charge on any atom is -0.399 e. The van der Waals surface area contributed by atoms with Crippen LogP contribution in [0.1, 0.15) is 43.0 Å².